The number of carbonyl (C=O) groups is 3. The number of nitrogens with one attached hydrogen (secondary N) is 1. The van der Waals surface area contributed by atoms with Gasteiger partial charge in [0.1, 0.15) is 6.09 Å². The van der Waals surface area contributed by atoms with Crippen molar-refractivity contribution < 1.29 is 34.7 Å². The Morgan fingerprint density at radius 3 is 1.49 bits per heavy atom. The number of rotatable bonds is 23. The number of unbranched alkanes of at least 4 members (excludes halogenated alkanes) is 12. The lowest BCUT2D eigenvalue weighted by molar-refractivity contribution is -0.368. The predicted molar refractivity (Wildman–Crippen MR) is 138 cm³/mol. The monoisotopic (exact) mass is 502 g/mol. The Bertz CT molecular complexity index is 472. The number of hydrogen-bond donors (Lipinski definition) is 2. The second-order valence-corrected chi connectivity index (χ2v) is 8.96. The number of carboxylic acid groups (broad SMARTS) is 1. The summed E-state index contributed by atoms with van der Waals surface area (Å²) in [4.78, 5) is 32.7. The van der Waals surface area contributed by atoms with Crippen LogP contribution in [-0.4, -0.2) is 44.3 Å². The average molecular weight is 503 g/mol. The molecule has 0 heterocycles. The fraction of sp³-hybridized carbons (Fsp3) is 0.889. The molecule has 0 atom stereocenters. The molecule has 0 aromatic heterocycles. The maximum Gasteiger partial charge on any atom is 0.305 e. The van der Waals surface area contributed by atoms with E-state index in [4.69, 9.17) is 9.47 Å². The van der Waals surface area contributed by atoms with E-state index in [1.165, 1.54) is 44.9 Å². The van der Waals surface area contributed by atoms with Crippen LogP contribution >= 0.6 is 0 Å². The average Bonchev–Trinajstić information content (AvgIpc) is 2.83. The highest BCUT2D eigenvalue weighted by Gasteiger charge is 2.03. The van der Waals surface area contributed by atoms with E-state index >= 15 is 0 Å². The lowest BCUT2D eigenvalue weighted by Gasteiger charge is -2.06. The number of amides is 1. The first kappa shape index (κ1) is 35.3. The molecule has 0 saturated carbocycles. The number of ether oxygens (including phenoxy) is 2. The lowest BCUT2D eigenvalue weighted by Crippen LogP contribution is -2.50. The topological polar surface area (TPSA) is 132 Å². The van der Waals surface area contributed by atoms with Crippen molar-refractivity contribution in [2.45, 2.75) is 129 Å². The predicted octanol–water partition coefficient (Wildman–Crippen LogP) is 4.30. The summed E-state index contributed by atoms with van der Waals surface area (Å²) >= 11 is 0. The fourth-order valence-electron chi connectivity index (χ4n) is 3.31. The fourth-order valence-corrected chi connectivity index (χ4v) is 3.31. The highest BCUT2D eigenvalue weighted by molar-refractivity contribution is 5.69. The van der Waals surface area contributed by atoms with Crippen LogP contribution in [-0.2, 0) is 19.1 Å². The smallest absolute Gasteiger partial charge is 0.305 e. The van der Waals surface area contributed by atoms with Crippen molar-refractivity contribution in [2.75, 3.05) is 26.3 Å². The zero-order chi connectivity index (χ0) is 26.4. The Balaban J connectivity index is 0. The summed E-state index contributed by atoms with van der Waals surface area (Å²) in [5, 5.41) is 12.3. The first-order chi connectivity index (χ1) is 17.0. The van der Waals surface area contributed by atoms with Crippen LogP contribution in [0.4, 0.5) is 4.79 Å². The quantitative estimate of drug-likeness (QED) is 0.158. The summed E-state index contributed by atoms with van der Waals surface area (Å²) in [5.74, 6) is -0.143. The third kappa shape index (κ3) is 34.4. The van der Waals surface area contributed by atoms with Gasteiger partial charge in [-0.1, -0.05) is 71.6 Å². The first-order valence-electron chi connectivity index (χ1n) is 14.0. The highest BCUT2D eigenvalue weighted by atomic mass is 16.5. The van der Waals surface area contributed by atoms with Crippen molar-refractivity contribution in [3.8, 4) is 0 Å². The highest BCUT2D eigenvalue weighted by Crippen LogP contribution is 2.06. The molecule has 0 aliphatic heterocycles. The van der Waals surface area contributed by atoms with Gasteiger partial charge in [0.05, 0.1) is 19.8 Å². The Morgan fingerprint density at radius 2 is 1.06 bits per heavy atom. The zero-order valence-electron chi connectivity index (χ0n) is 22.7. The van der Waals surface area contributed by atoms with Gasteiger partial charge in [0, 0.05) is 19.4 Å². The molecule has 208 valence electrons. The van der Waals surface area contributed by atoms with E-state index in [-0.39, 0.29) is 11.9 Å². The van der Waals surface area contributed by atoms with Gasteiger partial charge in [-0.15, -0.1) is 0 Å². The van der Waals surface area contributed by atoms with Crippen LogP contribution in [0.3, 0.4) is 0 Å². The molecule has 35 heavy (non-hydrogen) atoms. The molecule has 8 nitrogen and oxygen atoms in total. The molecule has 0 radical (unpaired) electrons. The van der Waals surface area contributed by atoms with Crippen molar-refractivity contribution >= 4 is 18.0 Å². The third-order valence-electron chi connectivity index (χ3n) is 5.48. The molecular weight excluding hydrogens is 448 g/mol. The molecule has 1 amide bonds. The van der Waals surface area contributed by atoms with Gasteiger partial charge in [-0.25, -0.2) is 0 Å². The van der Waals surface area contributed by atoms with Crippen LogP contribution in [0.25, 0.3) is 0 Å². The summed E-state index contributed by atoms with van der Waals surface area (Å²) in [6.45, 7) is 6.89. The lowest BCUT2D eigenvalue weighted by atomic mass is 10.1. The minimum Gasteiger partial charge on any atom is -0.530 e. The SMILES string of the molecule is CCCCCCOC(=O)CCCCCCNC(=O)[O-].CCCCCCOC(=O)CCCCCC[NH3+]. The number of quaternary nitrogens is 1. The molecule has 8 heteroatoms. The first-order valence-corrected chi connectivity index (χ1v) is 14.0. The molecule has 0 aliphatic carbocycles. The number of hydrogen-bond acceptors (Lipinski definition) is 6. The van der Waals surface area contributed by atoms with E-state index in [1.54, 1.807) is 0 Å². The number of esters is 2. The van der Waals surface area contributed by atoms with Gasteiger partial charge >= 0.3 is 11.9 Å². The van der Waals surface area contributed by atoms with Gasteiger partial charge in [-0.05, 0) is 44.9 Å². The van der Waals surface area contributed by atoms with Crippen molar-refractivity contribution in [2.24, 2.45) is 0 Å². The van der Waals surface area contributed by atoms with Crippen LogP contribution < -0.4 is 16.2 Å². The maximum absolute atomic E-state index is 11.3. The zero-order valence-corrected chi connectivity index (χ0v) is 22.7. The Hall–Kier alpha value is -1.83. The molecule has 0 aromatic carbocycles. The summed E-state index contributed by atoms with van der Waals surface area (Å²) in [7, 11) is 0. The van der Waals surface area contributed by atoms with Crippen LogP contribution in [0.15, 0.2) is 0 Å². The molecular formula is C27H54N2O6. The molecule has 0 aromatic rings. The van der Waals surface area contributed by atoms with Gasteiger partial charge in [-0.3, -0.25) is 9.59 Å². The van der Waals surface area contributed by atoms with E-state index in [9.17, 15) is 19.5 Å². The summed E-state index contributed by atoms with van der Waals surface area (Å²) in [5.41, 5.74) is 3.79. The van der Waals surface area contributed by atoms with Gasteiger partial charge in [0.15, 0.2) is 0 Å². The molecule has 0 unspecified atom stereocenters. The van der Waals surface area contributed by atoms with Gasteiger partial charge in [0.2, 0.25) is 0 Å². The van der Waals surface area contributed by atoms with Crippen molar-refractivity contribution in [1.29, 1.82) is 0 Å². The maximum atomic E-state index is 11.3. The molecule has 0 aliphatic rings. The van der Waals surface area contributed by atoms with Crippen LogP contribution in [0, 0.1) is 0 Å². The Kier molecular flexibility index (Phi) is 30.5. The van der Waals surface area contributed by atoms with E-state index in [0.717, 1.165) is 64.3 Å². The van der Waals surface area contributed by atoms with Crippen LogP contribution in [0.2, 0.25) is 0 Å². The van der Waals surface area contributed by atoms with E-state index in [2.05, 4.69) is 24.9 Å². The Labute approximate surface area is 214 Å². The van der Waals surface area contributed by atoms with Gasteiger partial charge in [0.25, 0.3) is 0 Å². The summed E-state index contributed by atoms with van der Waals surface area (Å²) in [6, 6.07) is 0. The normalized spacial score (nSPS) is 10.3. The van der Waals surface area contributed by atoms with Crippen molar-refractivity contribution in [3.63, 3.8) is 0 Å². The largest absolute Gasteiger partial charge is 0.530 e. The molecule has 0 bridgehead atoms. The standard InChI is InChI=1S/C14H27NO4.C13H27NO2/c1-2-3-4-9-12-19-13(16)10-7-5-6-8-11-15-14(17)18;1-2-3-4-9-12-16-13(15)10-7-5-6-8-11-14/h15H,2-12H2,1H3,(H,17,18);2-12,14H2,1H3. The van der Waals surface area contributed by atoms with Gasteiger partial charge < -0.3 is 30.4 Å². The molecule has 4 N–H and O–H groups in total. The molecule has 0 saturated heterocycles. The van der Waals surface area contributed by atoms with Crippen LogP contribution in [0.5, 0.6) is 0 Å². The van der Waals surface area contributed by atoms with Crippen molar-refractivity contribution in [1.82, 2.24) is 5.32 Å². The summed E-state index contributed by atoms with van der Waals surface area (Å²) in [6.07, 6.45) is 16.8. The Morgan fingerprint density at radius 1 is 0.629 bits per heavy atom. The van der Waals surface area contributed by atoms with Crippen molar-refractivity contribution in [3.05, 3.63) is 0 Å². The second kappa shape index (κ2) is 30.2. The minimum absolute atomic E-state index is 0.0221. The van der Waals surface area contributed by atoms with E-state index < -0.39 is 6.09 Å². The molecule has 0 spiro atoms. The minimum atomic E-state index is -1.23. The number of carbonyl (C=O) groups excluding carboxylic acids is 3. The molecule has 0 fully saturated rings. The van der Waals surface area contributed by atoms with Gasteiger partial charge in [-0.2, -0.15) is 0 Å². The molecule has 0 rings (SSSR count). The second-order valence-electron chi connectivity index (χ2n) is 8.96. The summed E-state index contributed by atoms with van der Waals surface area (Å²) < 4.78 is 10.3. The third-order valence-corrected chi connectivity index (χ3v) is 5.48. The van der Waals surface area contributed by atoms with E-state index in [0.29, 0.717) is 32.6 Å². The van der Waals surface area contributed by atoms with E-state index in [1.807, 2.05) is 0 Å². The van der Waals surface area contributed by atoms with Crippen LogP contribution in [0.1, 0.15) is 129 Å².